The van der Waals surface area contributed by atoms with Crippen LogP contribution in [0.4, 0.5) is 0 Å². The number of aryl methyl sites for hydroxylation is 1. The van der Waals surface area contributed by atoms with Crippen LogP contribution >= 0.6 is 11.8 Å². The highest BCUT2D eigenvalue weighted by Crippen LogP contribution is 2.43. The zero-order chi connectivity index (χ0) is 17.0. The van der Waals surface area contributed by atoms with Crippen molar-refractivity contribution in [2.75, 3.05) is 0 Å². The van der Waals surface area contributed by atoms with Crippen molar-refractivity contribution in [3.8, 4) is 0 Å². The SMILES string of the molecule is Cc1ccc(SC2(C(=O)OCc3ccccc3)CCC(=O)O2)cc1. The van der Waals surface area contributed by atoms with Gasteiger partial charge in [-0.3, -0.25) is 4.79 Å². The topological polar surface area (TPSA) is 52.6 Å². The minimum Gasteiger partial charge on any atom is -0.457 e. The third-order valence-corrected chi connectivity index (χ3v) is 5.06. The molecule has 1 heterocycles. The molecular formula is C19H18O4S. The molecule has 1 atom stereocenters. The molecule has 2 aromatic rings. The number of benzene rings is 2. The predicted octanol–water partition coefficient (Wildman–Crippen LogP) is 3.86. The molecule has 0 saturated carbocycles. The lowest BCUT2D eigenvalue weighted by Crippen LogP contribution is -2.36. The average molecular weight is 342 g/mol. The first-order valence-electron chi connectivity index (χ1n) is 7.76. The highest BCUT2D eigenvalue weighted by Gasteiger charge is 2.50. The standard InChI is InChI=1S/C19H18O4S/c1-14-7-9-16(10-8-14)24-19(12-11-17(20)23-19)18(21)22-13-15-5-3-2-4-6-15/h2-10H,11-13H2,1H3. The minimum atomic E-state index is -1.29. The van der Waals surface area contributed by atoms with Crippen LogP contribution in [0, 0.1) is 6.92 Å². The number of thioether (sulfide) groups is 1. The number of carbonyl (C=O) groups is 2. The van der Waals surface area contributed by atoms with E-state index >= 15 is 0 Å². The van der Waals surface area contributed by atoms with E-state index in [1.54, 1.807) is 0 Å². The summed E-state index contributed by atoms with van der Waals surface area (Å²) in [5.41, 5.74) is 2.02. The molecule has 0 amide bonds. The van der Waals surface area contributed by atoms with E-state index < -0.39 is 10.9 Å². The maximum Gasteiger partial charge on any atom is 0.362 e. The molecule has 0 aliphatic carbocycles. The number of rotatable bonds is 5. The summed E-state index contributed by atoms with van der Waals surface area (Å²) in [6, 6.07) is 17.2. The summed E-state index contributed by atoms with van der Waals surface area (Å²) >= 11 is 1.24. The van der Waals surface area contributed by atoms with Gasteiger partial charge in [-0.05, 0) is 24.6 Å². The Bertz CT molecular complexity index is 727. The molecule has 4 nitrogen and oxygen atoms in total. The Hall–Kier alpha value is -2.27. The second-order valence-electron chi connectivity index (χ2n) is 5.70. The van der Waals surface area contributed by atoms with Crippen molar-refractivity contribution in [1.29, 1.82) is 0 Å². The fourth-order valence-corrected chi connectivity index (χ4v) is 3.57. The highest BCUT2D eigenvalue weighted by molar-refractivity contribution is 8.01. The van der Waals surface area contributed by atoms with E-state index in [1.165, 1.54) is 11.8 Å². The summed E-state index contributed by atoms with van der Waals surface area (Å²) in [7, 11) is 0. The monoisotopic (exact) mass is 342 g/mol. The van der Waals surface area contributed by atoms with Gasteiger partial charge in [0.05, 0.1) is 6.42 Å². The van der Waals surface area contributed by atoms with E-state index in [9.17, 15) is 9.59 Å². The second kappa shape index (κ2) is 7.09. The molecule has 0 radical (unpaired) electrons. The largest absolute Gasteiger partial charge is 0.457 e. The third kappa shape index (κ3) is 3.79. The Morgan fingerprint density at radius 1 is 1.17 bits per heavy atom. The number of carbonyl (C=O) groups excluding carboxylic acids is 2. The van der Waals surface area contributed by atoms with Crippen LogP contribution in [0.15, 0.2) is 59.5 Å². The molecule has 0 spiro atoms. The third-order valence-electron chi connectivity index (χ3n) is 3.76. The van der Waals surface area contributed by atoms with E-state index in [1.807, 2.05) is 61.5 Å². The Balaban J connectivity index is 1.74. The van der Waals surface area contributed by atoms with Crippen molar-refractivity contribution in [2.45, 2.75) is 36.2 Å². The lowest BCUT2D eigenvalue weighted by atomic mass is 10.2. The first kappa shape index (κ1) is 16.6. The van der Waals surface area contributed by atoms with Crippen LogP contribution in [0.1, 0.15) is 24.0 Å². The maximum absolute atomic E-state index is 12.6. The van der Waals surface area contributed by atoms with Crippen LogP contribution in [0.2, 0.25) is 0 Å². The van der Waals surface area contributed by atoms with Gasteiger partial charge in [0.15, 0.2) is 0 Å². The maximum atomic E-state index is 12.6. The number of cyclic esters (lactones) is 1. The number of hydrogen-bond donors (Lipinski definition) is 0. The number of esters is 2. The van der Waals surface area contributed by atoms with Crippen LogP contribution in [0.5, 0.6) is 0 Å². The average Bonchev–Trinajstić information content (AvgIpc) is 2.98. The van der Waals surface area contributed by atoms with Crippen LogP contribution in [0.25, 0.3) is 0 Å². The van der Waals surface area contributed by atoms with Crippen molar-refractivity contribution < 1.29 is 19.1 Å². The number of ether oxygens (including phenoxy) is 2. The quantitative estimate of drug-likeness (QED) is 0.772. The van der Waals surface area contributed by atoms with Crippen molar-refractivity contribution >= 4 is 23.7 Å². The summed E-state index contributed by atoms with van der Waals surface area (Å²) in [6.45, 7) is 2.15. The Morgan fingerprint density at radius 2 is 1.88 bits per heavy atom. The molecule has 1 aliphatic heterocycles. The van der Waals surface area contributed by atoms with Gasteiger partial charge in [0.2, 0.25) is 0 Å². The fraction of sp³-hybridized carbons (Fsp3) is 0.263. The van der Waals surface area contributed by atoms with Crippen molar-refractivity contribution in [2.24, 2.45) is 0 Å². The molecule has 1 unspecified atom stereocenters. The van der Waals surface area contributed by atoms with Gasteiger partial charge in [0.25, 0.3) is 4.93 Å². The molecule has 124 valence electrons. The zero-order valence-corrected chi connectivity index (χ0v) is 14.2. The summed E-state index contributed by atoms with van der Waals surface area (Å²) in [6.07, 6.45) is 0.539. The lowest BCUT2D eigenvalue weighted by Gasteiger charge is -2.24. The molecule has 5 heteroatoms. The predicted molar refractivity (Wildman–Crippen MR) is 91.3 cm³/mol. The van der Waals surface area contributed by atoms with Gasteiger partial charge in [-0.2, -0.15) is 0 Å². The highest BCUT2D eigenvalue weighted by atomic mass is 32.2. The molecule has 1 saturated heterocycles. The summed E-state index contributed by atoms with van der Waals surface area (Å²) in [5.74, 6) is -0.881. The Labute approximate surface area is 145 Å². The van der Waals surface area contributed by atoms with E-state index in [4.69, 9.17) is 9.47 Å². The van der Waals surface area contributed by atoms with Gasteiger partial charge in [-0.15, -0.1) is 0 Å². The van der Waals surface area contributed by atoms with Crippen LogP contribution in [0.3, 0.4) is 0 Å². The summed E-state index contributed by atoms with van der Waals surface area (Å²) in [5, 5.41) is 0. The van der Waals surface area contributed by atoms with Crippen molar-refractivity contribution in [3.05, 3.63) is 65.7 Å². The fourth-order valence-electron chi connectivity index (χ4n) is 2.44. The molecule has 1 aliphatic rings. The summed E-state index contributed by atoms with van der Waals surface area (Å²) < 4.78 is 10.8. The first-order chi connectivity index (χ1) is 11.6. The van der Waals surface area contributed by atoms with E-state index in [0.29, 0.717) is 6.42 Å². The molecule has 24 heavy (non-hydrogen) atoms. The first-order valence-corrected chi connectivity index (χ1v) is 8.58. The molecule has 1 fully saturated rings. The molecule has 0 N–H and O–H groups in total. The van der Waals surface area contributed by atoms with Gasteiger partial charge < -0.3 is 9.47 Å². The van der Waals surface area contributed by atoms with E-state index in [2.05, 4.69) is 0 Å². The zero-order valence-electron chi connectivity index (χ0n) is 13.4. The molecule has 3 rings (SSSR count). The lowest BCUT2D eigenvalue weighted by molar-refractivity contribution is -0.165. The van der Waals surface area contributed by atoms with Crippen LogP contribution in [-0.4, -0.2) is 16.9 Å². The van der Waals surface area contributed by atoms with Gasteiger partial charge in [0, 0.05) is 11.3 Å². The van der Waals surface area contributed by atoms with Gasteiger partial charge in [-0.25, -0.2) is 4.79 Å². The van der Waals surface area contributed by atoms with Crippen molar-refractivity contribution in [1.82, 2.24) is 0 Å². The van der Waals surface area contributed by atoms with Gasteiger partial charge >= 0.3 is 11.9 Å². The van der Waals surface area contributed by atoms with Gasteiger partial charge in [0.1, 0.15) is 6.61 Å². The Kier molecular flexibility index (Phi) is 4.90. The molecular weight excluding hydrogens is 324 g/mol. The molecule has 0 bridgehead atoms. The van der Waals surface area contributed by atoms with E-state index in [0.717, 1.165) is 16.0 Å². The second-order valence-corrected chi connectivity index (χ2v) is 7.04. The molecule has 0 aromatic heterocycles. The van der Waals surface area contributed by atoms with Gasteiger partial charge in [-0.1, -0.05) is 59.8 Å². The Morgan fingerprint density at radius 3 is 2.50 bits per heavy atom. The normalized spacial score (nSPS) is 19.8. The molecule has 2 aromatic carbocycles. The van der Waals surface area contributed by atoms with Crippen LogP contribution < -0.4 is 0 Å². The van der Waals surface area contributed by atoms with Crippen molar-refractivity contribution in [3.63, 3.8) is 0 Å². The number of hydrogen-bond acceptors (Lipinski definition) is 5. The van der Waals surface area contributed by atoms with Crippen LogP contribution in [-0.2, 0) is 25.7 Å². The minimum absolute atomic E-state index is 0.160. The smallest absolute Gasteiger partial charge is 0.362 e. The summed E-state index contributed by atoms with van der Waals surface area (Å²) in [4.78, 5) is 23.9. The van der Waals surface area contributed by atoms with E-state index in [-0.39, 0.29) is 19.0 Å².